The molecule has 32 heavy (non-hydrogen) atoms. The fraction of sp³-hybridized carbons (Fsp3) is 0.435. The molecule has 1 N–H and O–H groups in total. The van der Waals surface area contributed by atoms with Crippen LogP contribution in [0.2, 0.25) is 0 Å². The van der Waals surface area contributed by atoms with E-state index in [1.807, 2.05) is 27.7 Å². The molecule has 0 aliphatic rings. The van der Waals surface area contributed by atoms with E-state index in [2.05, 4.69) is 10.1 Å². The molecule has 0 radical (unpaired) electrons. The van der Waals surface area contributed by atoms with Crippen molar-refractivity contribution >= 4 is 34.1 Å². The fourth-order valence-electron chi connectivity index (χ4n) is 2.69. The molecule has 0 unspecified atom stereocenters. The van der Waals surface area contributed by atoms with E-state index in [0.717, 1.165) is 11.1 Å². The Labute approximate surface area is 193 Å². The summed E-state index contributed by atoms with van der Waals surface area (Å²) >= 11 is 1.31. The summed E-state index contributed by atoms with van der Waals surface area (Å²) in [6.45, 7) is 10.4. The van der Waals surface area contributed by atoms with Gasteiger partial charge in [-0.2, -0.15) is 0 Å². The van der Waals surface area contributed by atoms with Crippen molar-refractivity contribution in [3.05, 3.63) is 39.8 Å². The van der Waals surface area contributed by atoms with Gasteiger partial charge in [-0.1, -0.05) is 0 Å². The van der Waals surface area contributed by atoms with Gasteiger partial charge in [0.25, 0.3) is 11.8 Å². The number of benzene rings is 1. The molecule has 1 heterocycles. The average Bonchev–Trinajstić information content (AvgIpc) is 3.08. The van der Waals surface area contributed by atoms with E-state index in [4.69, 9.17) is 9.47 Å². The second-order valence-corrected chi connectivity index (χ2v) is 7.76. The van der Waals surface area contributed by atoms with Gasteiger partial charge in [0.2, 0.25) is 0 Å². The van der Waals surface area contributed by atoms with Crippen molar-refractivity contribution < 1.29 is 28.6 Å². The lowest BCUT2D eigenvalue weighted by Crippen LogP contribution is -2.30. The summed E-state index contributed by atoms with van der Waals surface area (Å²) in [6, 6.07) is 5.00. The van der Waals surface area contributed by atoms with Crippen LogP contribution in [-0.2, 0) is 9.53 Å². The lowest BCUT2D eigenvalue weighted by Gasteiger charge is -2.17. The molecule has 0 atom stereocenters. The molecule has 0 aliphatic heterocycles. The summed E-state index contributed by atoms with van der Waals surface area (Å²) in [5.41, 5.74) is 2.22. The van der Waals surface area contributed by atoms with Crippen LogP contribution in [0.3, 0.4) is 0 Å². The molecular formula is C23H32N2O6S. The van der Waals surface area contributed by atoms with Crippen LogP contribution in [0, 0.1) is 13.8 Å². The first-order valence-electron chi connectivity index (χ1n) is 10.1. The molecule has 0 bridgehead atoms. The van der Waals surface area contributed by atoms with Crippen LogP contribution in [-0.4, -0.2) is 57.1 Å². The van der Waals surface area contributed by atoms with E-state index in [1.165, 1.54) is 39.6 Å². The lowest BCUT2D eigenvalue weighted by molar-refractivity contribution is -0.137. The summed E-state index contributed by atoms with van der Waals surface area (Å²) in [5.74, 6) is 0.546. The third-order valence-corrected chi connectivity index (χ3v) is 6.12. The van der Waals surface area contributed by atoms with Crippen molar-refractivity contribution in [1.82, 2.24) is 4.90 Å². The molecule has 0 fully saturated rings. The lowest BCUT2D eigenvalue weighted by atomic mass is 10.1. The maximum absolute atomic E-state index is 12.7. The zero-order valence-corrected chi connectivity index (χ0v) is 20.8. The van der Waals surface area contributed by atoms with Crippen LogP contribution < -0.4 is 14.8 Å². The Kier molecular flexibility index (Phi) is 10.7. The van der Waals surface area contributed by atoms with E-state index >= 15 is 0 Å². The van der Waals surface area contributed by atoms with Crippen molar-refractivity contribution in [2.24, 2.45) is 0 Å². The number of esters is 1. The van der Waals surface area contributed by atoms with Gasteiger partial charge in [-0.25, -0.2) is 0 Å². The third kappa shape index (κ3) is 6.98. The minimum absolute atomic E-state index is 0.00542. The fourth-order valence-corrected chi connectivity index (χ4v) is 3.86. The highest BCUT2D eigenvalue weighted by molar-refractivity contribution is 7.18. The van der Waals surface area contributed by atoms with Gasteiger partial charge in [-0.15, -0.1) is 11.3 Å². The number of hydrogen-bond donors (Lipinski definition) is 1. The molecule has 1 aromatic heterocycles. The van der Waals surface area contributed by atoms with Crippen LogP contribution in [0.5, 0.6) is 11.5 Å². The Bertz CT molecular complexity index is 928. The van der Waals surface area contributed by atoms with E-state index in [1.54, 1.807) is 23.1 Å². The number of amides is 2. The highest BCUT2D eigenvalue weighted by Crippen LogP contribution is 2.34. The van der Waals surface area contributed by atoms with Gasteiger partial charge in [0, 0.05) is 31.6 Å². The number of methoxy groups -OCH3 is 3. The Morgan fingerprint density at radius 1 is 0.938 bits per heavy atom. The largest absolute Gasteiger partial charge is 0.497 e. The van der Waals surface area contributed by atoms with Gasteiger partial charge in [0.1, 0.15) is 11.5 Å². The van der Waals surface area contributed by atoms with Gasteiger partial charge in [-0.3, -0.25) is 14.4 Å². The highest BCUT2D eigenvalue weighted by atomic mass is 32.1. The van der Waals surface area contributed by atoms with E-state index in [0.29, 0.717) is 40.0 Å². The van der Waals surface area contributed by atoms with Crippen molar-refractivity contribution in [3.63, 3.8) is 0 Å². The molecule has 2 rings (SSSR count). The van der Waals surface area contributed by atoms with E-state index < -0.39 is 0 Å². The standard InChI is InChI=1S/C20H26N2O4S.C3H6O2/c1-7-22(8-2)20(24)17-12(3)13(4)19(27-17)21-18(23)14-9-15(25-5)11-16(10-14)26-6;1-3(4)5-2/h9-11H,7-8H2,1-6H3,(H,21,23);1-2H3. The second-order valence-electron chi connectivity index (χ2n) is 6.74. The SMILES string of the molecule is CCN(CC)C(=O)c1sc(NC(=O)c2cc(OC)cc(OC)c2)c(C)c1C.COC(C)=O. The number of ether oxygens (including phenoxy) is 3. The number of thiophene rings is 1. The third-order valence-electron chi connectivity index (χ3n) is 4.82. The first-order valence-corrected chi connectivity index (χ1v) is 10.9. The molecule has 0 saturated heterocycles. The number of carbonyl (C=O) groups excluding carboxylic acids is 3. The molecule has 176 valence electrons. The molecule has 0 saturated carbocycles. The van der Waals surface area contributed by atoms with Crippen LogP contribution in [0.15, 0.2) is 18.2 Å². The zero-order chi connectivity index (χ0) is 24.4. The first-order chi connectivity index (χ1) is 15.1. The van der Waals surface area contributed by atoms with Crippen LogP contribution >= 0.6 is 11.3 Å². The Morgan fingerprint density at radius 2 is 1.44 bits per heavy atom. The monoisotopic (exact) mass is 464 g/mol. The van der Waals surface area contributed by atoms with Gasteiger partial charge >= 0.3 is 5.97 Å². The zero-order valence-electron chi connectivity index (χ0n) is 20.0. The number of hydrogen-bond acceptors (Lipinski definition) is 7. The van der Waals surface area contributed by atoms with Gasteiger partial charge in [0.05, 0.1) is 31.2 Å². The molecule has 2 aromatic rings. The highest BCUT2D eigenvalue weighted by Gasteiger charge is 2.22. The maximum atomic E-state index is 12.7. The summed E-state index contributed by atoms with van der Waals surface area (Å²) < 4.78 is 14.6. The number of carbonyl (C=O) groups is 3. The minimum atomic E-state index is -0.279. The van der Waals surface area contributed by atoms with Crippen molar-refractivity contribution in [3.8, 4) is 11.5 Å². The summed E-state index contributed by atoms with van der Waals surface area (Å²) in [5, 5.41) is 3.59. The first kappa shape index (κ1) is 27.0. The number of rotatable bonds is 7. The van der Waals surface area contributed by atoms with Crippen LogP contribution in [0.4, 0.5) is 5.00 Å². The summed E-state index contributed by atoms with van der Waals surface area (Å²) in [4.78, 5) is 37.5. The minimum Gasteiger partial charge on any atom is -0.497 e. The molecule has 0 spiro atoms. The van der Waals surface area contributed by atoms with Crippen molar-refractivity contribution in [2.45, 2.75) is 34.6 Å². The van der Waals surface area contributed by atoms with Crippen molar-refractivity contribution in [1.29, 1.82) is 0 Å². The van der Waals surface area contributed by atoms with Gasteiger partial charge in [-0.05, 0) is 51.0 Å². The molecule has 1 aromatic carbocycles. The number of anilines is 1. The Hall–Kier alpha value is -3.07. The molecular weight excluding hydrogens is 432 g/mol. The Morgan fingerprint density at radius 3 is 1.84 bits per heavy atom. The second kappa shape index (κ2) is 12.7. The topological polar surface area (TPSA) is 94.2 Å². The average molecular weight is 465 g/mol. The van der Waals surface area contributed by atoms with E-state index in [-0.39, 0.29) is 17.8 Å². The smallest absolute Gasteiger partial charge is 0.302 e. The molecule has 8 nitrogen and oxygen atoms in total. The number of nitrogens with one attached hydrogen (secondary N) is 1. The van der Waals surface area contributed by atoms with Crippen LogP contribution in [0.25, 0.3) is 0 Å². The summed E-state index contributed by atoms with van der Waals surface area (Å²) in [6.07, 6.45) is 0. The predicted molar refractivity (Wildman–Crippen MR) is 126 cm³/mol. The molecule has 2 amide bonds. The Balaban J connectivity index is 0.000000920. The molecule has 0 aliphatic carbocycles. The molecule has 9 heteroatoms. The van der Waals surface area contributed by atoms with Crippen molar-refractivity contribution in [2.75, 3.05) is 39.7 Å². The predicted octanol–water partition coefficient (Wildman–Crippen LogP) is 4.30. The van der Waals surface area contributed by atoms with Gasteiger partial charge < -0.3 is 24.4 Å². The van der Waals surface area contributed by atoms with Gasteiger partial charge in [0.15, 0.2) is 0 Å². The normalized spacial score (nSPS) is 9.88. The van der Waals surface area contributed by atoms with Crippen LogP contribution in [0.1, 0.15) is 51.9 Å². The van der Waals surface area contributed by atoms with E-state index in [9.17, 15) is 14.4 Å². The maximum Gasteiger partial charge on any atom is 0.302 e. The quantitative estimate of drug-likeness (QED) is 0.614. The summed E-state index contributed by atoms with van der Waals surface area (Å²) in [7, 11) is 4.42. The number of nitrogens with zero attached hydrogens (tertiary/aromatic N) is 1.